The first kappa shape index (κ1) is 50.4. The first-order valence-electron chi connectivity index (χ1n) is 23.0. The molecule has 0 aromatic heterocycles. The molecule has 8 heteroatoms. The molecule has 3 aromatic carbocycles. The van der Waals surface area contributed by atoms with Crippen LogP contribution < -0.4 is 14.4 Å². The Morgan fingerprint density at radius 2 is 1.03 bits per heavy atom. The highest BCUT2D eigenvalue weighted by molar-refractivity contribution is 7.49. The Morgan fingerprint density at radius 3 is 1.39 bits per heavy atom. The second-order valence-corrected chi connectivity index (χ2v) is 23.9. The summed E-state index contributed by atoms with van der Waals surface area (Å²) in [5, 5.41) is 14.2. The average Bonchev–Trinajstić information content (AvgIpc) is 3.17. The van der Waals surface area contributed by atoms with Crippen molar-refractivity contribution < 1.29 is 28.0 Å². The molecule has 7 nitrogen and oxygen atoms in total. The van der Waals surface area contributed by atoms with Crippen LogP contribution >= 0.6 is 7.82 Å². The van der Waals surface area contributed by atoms with E-state index in [4.69, 9.17) is 13.6 Å². The first-order valence-corrected chi connectivity index (χ1v) is 24.5. The highest BCUT2D eigenvalue weighted by Crippen LogP contribution is 2.60. The largest absolute Gasteiger partial charge is 0.587 e. The van der Waals surface area contributed by atoms with Crippen molar-refractivity contribution >= 4 is 13.7 Å². The van der Waals surface area contributed by atoms with E-state index in [0.717, 1.165) is 64.6 Å². The number of nitrogens with one attached hydrogen (secondary N) is 1. The van der Waals surface area contributed by atoms with Gasteiger partial charge in [-0.15, -0.1) is 0 Å². The minimum Gasteiger partial charge on any atom is -0.507 e. The van der Waals surface area contributed by atoms with Crippen molar-refractivity contribution in [2.75, 3.05) is 13.2 Å². The molecule has 0 spiro atoms. The Kier molecular flexibility index (Phi) is 14.9. The Bertz CT molecular complexity index is 1980. The number of hydrogen-bond donors (Lipinski definition) is 2. The zero-order chi connectivity index (χ0) is 46.3. The summed E-state index contributed by atoms with van der Waals surface area (Å²) < 4.78 is 35.3. The van der Waals surface area contributed by atoms with Gasteiger partial charge in [0.25, 0.3) is 0 Å². The highest BCUT2D eigenvalue weighted by atomic mass is 31.2. The number of carbonyl (C=O) groups excluding carboxylic acids is 1. The summed E-state index contributed by atoms with van der Waals surface area (Å²) >= 11 is 0. The van der Waals surface area contributed by atoms with Crippen LogP contribution in [-0.4, -0.2) is 24.2 Å². The van der Waals surface area contributed by atoms with Crippen molar-refractivity contribution in [3.05, 3.63) is 86.5 Å². The molecule has 2 N–H and O–H groups in total. The molecule has 1 heterocycles. The molecule has 1 amide bonds. The van der Waals surface area contributed by atoms with Crippen LogP contribution in [0.15, 0.2) is 36.4 Å². The summed E-state index contributed by atoms with van der Waals surface area (Å²) in [6, 6.07) is 13.1. The van der Waals surface area contributed by atoms with Crippen LogP contribution in [-0.2, 0) is 52.8 Å². The van der Waals surface area contributed by atoms with E-state index in [0.29, 0.717) is 23.7 Å². The number of phenolic OH excluding ortho intramolecular Hbond substituents is 1. The number of hydrogen-bond acceptors (Lipinski definition) is 6. The summed E-state index contributed by atoms with van der Waals surface area (Å²) in [6.45, 7) is 41.6. The van der Waals surface area contributed by atoms with Crippen LogP contribution in [0.4, 0.5) is 0 Å². The van der Waals surface area contributed by atoms with Crippen LogP contribution in [0.2, 0.25) is 0 Å². The van der Waals surface area contributed by atoms with E-state index < -0.39 is 7.82 Å². The second kappa shape index (κ2) is 18.1. The highest BCUT2D eigenvalue weighted by Gasteiger charge is 2.43. The lowest BCUT2D eigenvalue weighted by molar-refractivity contribution is -0.121. The number of phosphoric ester groups is 1. The molecule has 340 valence electrons. The number of carbonyl (C=O) groups is 1. The van der Waals surface area contributed by atoms with E-state index in [2.05, 4.69) is 161 Å². The van der Waals surface area contributed by atoms with Gasteiger partial charge in [0, 0.05) is 41.1 Å². The number of fused-ring (bicyclic) bond motifs is 2. The maximum Gasteiger partial charge on any atom is 0.587 e. The van der Waals surface area contributed by atoms with Crippen molar-refractivity contribution in [1.29, 1.82) is 0 Å². The first-order chi connectivity index (χ1) is 27.9. The molecule has 0 unspecified atom stereocenters. The quantitative estimate of drug-likeness (QED) is 0.117. The van der Waals surface area contributed by atoms with Crippen LogP contribution in [0.5, 0.6) is 17.2 Å². The molecule has 4 rings (SSSR count). The molecule has 61 heavy (non-hydrogen) atoms. The van der Waals surface area contributed by atoms with E-state index in [9.17, 15) is 9.90 Å². The molecule has 0 radical (unpaired) electrons. The third-order valence-electron chi connectivity index (χ3n) is 14.2. The molecule has 0 fully saturated rings. The van der Waals surface area contributed by atoms with Gasteiger partial charge in [0.1, 0.15) is 17.2 Å². The van der Waals surface area contributed by atoms with Crippen LogP contribution in [0.25, 0.3) is 0 Å². The predicted molar refractivity (Wildman–Crippen MR) is 255 cm³/mol. The Labute approximate surface area is 371 Å². The fourth-order valence-electron chi connectivity index (χ4n) is 7.86. The number of aromatic hydroxyl groups is 1. The fraction of sp³-hybridized carbons (Fsp3) is 0.642. The third-order valence-corrected chi connectivity index (χ3v) is 15.5. The molecule has 3 aromatic rings. The topological polar surface area (TPSA) is 94.1 Å². The normalized spacial score (nSPS) is 17.7. The van der Waals surface area contributed by atoms with E-state index in [1.807, 2.05) is 12.1 Å². The minimum atomic E-state index is -4.36. The zero-order valence-electron chi connectivity index (χ0n) is 41.6. The molecule has 0 saturated heterocycles. The van der Waals surface area contributed by atoms with Crippen molar-refractivity contribution in [2.45, 2.75) is 208 Å². The molecular formula is C53H82NO6P. The molecule has 0 saturated carbocycles. The van der Waals surface area contributed by atoms with E-state index in [1.165, 1.54) is 11.1 Å². The summed E-state index contributed by atoms with van der Waals surface area (Å²) in [4.78, 5) is 13.3. The van der Waals surface area contributed by atoms with Crippen molar-refractivity contribution in [3.8, 4) is 17.2 Å². The van der Waals surface area contributed by atoms with E-state index in [1.54, 1.807) is 0 Å². The van der Waals surface area contributed by atoms with Gasteiger partial charge in [-0.3, -0.25) is 9.32 Å². The van der Waals surface area contributed by atoms with Crippen LogP contribution in [0.1, 0.15) is 220 Å². The third kappa shape index (κ3) is 11.1. The van der Waals surface area contributed by atoms with Gasteiger partial charge in [-0.25, -0.2) is 4.57 Å². The van der Waals surface area contributed by atoms with E-state index >= 15 is 4.57 Å². The number of phenols is 1. The molecule has 1 aliphatic rings. The molecule has 0 atom stereocenters. The average molecular weight is 860 g/mol. The number of rotatable bonds is 15. The molecule has 1 aliphatic heterocycles. The summed E-state index contributed by atoms with van der Waals surface area (Å²) in [6.07, 6.45) is 4.34. The lowest BCUT2D eigenvalue weighted by Gasteiger charge is -2.38. The van der Waals surface area contributed by atoms with Gasteiger partial charge in [0.05, 0.1) is 6.61 Å². The Hall–Kier alpha value is -3.28. The van der Waals surface area contributed by atoms with Gasteiger partial charge in [-0.1, -0.05) is 168 Å². The van der Waals surface area contributed by atoms with Crippen LogP contribution in [0.3, 0.4) is 0 Å². The van der Waals surface area contributed by atoms with Gasteiger partial charge in [-0.05, 0) is 92.4 Å². The number of phosphoric acid groups is 1. The molecule has 0 aliphatic carbocycles. The smallest absolute Gasteiger partial charge is 0.507 e. The van der Waals surface area contributed by atoms with Crippen LogP contribution in [0, 0.1) is 0 Å². The summed E-state index contributed by atoms with van der Waals surface area (Å²) in [7, 11) is -4.36. The maximum atomic E-state index is 15.5. The Balaban J connectivity index is 1.78. The SMILES string of the molecule is CCC(C)(C)c1cc2c(c(C(C)(C)CC)c1)OP(=O)(OCCNC(=O)CCc1cc(C(C)(C)C)c(O)c(C(C)(C)C)c1)Oc1c(cc(C(C)(C)CC)cc1C(C)(C)CC)C2C. The minimum absolute atomic E-state index is 0.0777. The van der Waals surface area contributed by atoms with Gasteiger partial charge in [0.2, 0.25) is 5.91 Å². The van der Waals surface area contributed by atoms with Gasteiger partial charge >= 0.3 is 7.82 Å². The zero-order valence-corrected chi connectivity index (χ0v) is 42.5. The van der Waals surface area contributed by atoms with Gasteiger partial charge < -0.3 is 19.5 Å². The fourth-order valence-corrected chi connectivity index (χ4v) is 9.18. The lowest BCUT2D eigenvalue weighted by atomic mass is 9.72. The number of aryl methyl sites for hydroxylation is 1. The van der Waals surface area contributed by atoms with Gasteiger partial charge in [-0.2, -0.15) is 0 Å². The molecule has 0 bridgehead atoms. The maximum absolute atomic E-state index is 15.5. The van der Waals surface area contributed by atoms with Crippen molar-refractivity contribution in [2.24, 2.45) is 0 Å². The number of benzene rings is 3. The monoisotopic (exact) mass is 860 g/mol. The van der Waals surface area contributed by atoms with Crippen molar-refractivity contribution in [3.63, 3.8) is 0 Å². The summed E-state index contributed by atoms with van der Waals surface area (Å²) in [5.74, 6) is 1.14. The van der Waals surface area contributed by atoms with Crippen molar-refractivity contribution in [1.82, 2.24) is 5.32 Å². The second-order valence-electron chi connectivity index (χ2n) is 22.4. The Morgan fingerprint density at radius 1 is 0.639 bits per heavy atom. The molecular weight excluding hydrogens is 778 g/mol. The summed E-state index contributed by atoms with van der Waals surface area (Å²) in [5.41, 5.74) is 7.72. The van der Waals surface area contributed by atoms with E-state index in [-0.39, 0.29) is 63.9 Å². The predicted octanol–water partition coefficient (Wildman–Crippen LogP) is 14.5. The standard InChI is InChI=1S/C53H82NO6P/c1-20-50(12,13)36-30-38-34(5)39-31-37(51(14,15)21-2)33-43(53(18,19)23-4)47(39)60-61(57,59-46(38)42(32-36)52(16,17)22-3)58-27-26-54-44(55)25-24-35-28-40(48(6,7)8)45(56)41(29-35)49(9,10)11/h28-34,56H,20-27H2,1-19H3,(H,54,55). The van der Waals surface area contributed by atoms with Gasteiger partial charge in [0.15, 0.2) is 0 Å². The lowest BCUT2D eigenvalue weighted by Crippen LogP contribution is -2.29. The number of amides is 1.